The van der Waals surface area contributed by atoms with Crippen LogP contribution in [0.4, 0.5) is 0 Å². The number of aliphatic hydroxyl groups excluding tert-OH is 1. The first-order chi connectivity index (χ1) is 11.5. The SMILES string of the molecule is C=CC[C@H](O)[C@H](CO[Si](C(C)C)(C(C)C)C(C)C)OCC(=O)N(C)C. The highest BCUT2D eigenvalue weighted by molar-refractivity contribution is 6.77. The molecule has 0 saturated carbocycles. The highest BCUT2D eigenvalue weighted by atomic mass is 28.4. The molecular weight excluding hydrogens is 334 g/mol. The van der Waals surface area contributed by atoms with E-state index in [9.17, 15) is 9.90 Å². The van der Waals surface area contributed by atoms with Crippen LogP contribution >= 0.6 is 0 Å². The number of amides is 1. The maximum absolute atomic E-state index is 11.8. The molecule has 0 rings (SSSR count). The lowest BCUT2D eigenvalue weighted by molar-refractivity contribution is -0.139. The Morgan fingerprint density at radius 1 is 1.12 bits per heavy atom. The first-order valence-electron chi connectivity index (χ1n) is 9.25. The topological polar surface area (TPSA) is 59.0 Å². The Kier molecular flexibility index (Phi) is 10.8. The van der Waals surface area contributed by atoms with Crippen LogP contribution in [0.1, 0.15) is 48.0 Å². The average Bonchev–Trinajstić information content (AvgIpc) is 2.49. The number of carbonyl (C=O) groups excluding carboxylic acids is 1. The van der Waals surface area contributed by atoms with E-state index in [1.54, 1.807) is 20.2 Å². The van der Waals surface area contributed by atoms with Crippen LogP contribution in [-0.2, 0) is 14.0 Å². The van der Waals surface area contributed by atoms with Crippen molar-refractivity contribution in [3.05, 3.63) is 12.7 Å². The summed E-state index contributed by atoms with van der Waals surface area (Å²) in [6.07, 6.45) is 0.798. The summed E-state index contributed by atoms with van der Waals surface area (Å²) in [5.41, 5.74) is 1.36. The minimum atomic E-state index is -2.05. The molecule has 0 heterocycles. The van der Waals surface area contributed by atoms with Crippen molar-refractivity contribution in [2.45, 2.75) is 76.8 Å². The molecule has 1 amide bonds. The number of rotatable bonds is 12. The number of likely N-dealkylation sites (N-methyl/N-ethyl adjacent to an activating group) is 1. The van der Waals surface area contributed by atoms with Crippen LogP contribution in [0.5, 0.6) is 0 Å². The van der Waals surface area contributed by atoms with Gasteiger partial charge in [0.05, 0.1) is 12.7 Å². The molecule has 148 valence electrons. The second-order valence-electron chi connectivity index (χ2n) is 7.86. The van der Waals surface area contributed by atoms with Crippen LogP contribution in [0.15, 0.2) is 12.7 Å². The van der Waals surface area contributed by atoms with Gasteiger partial charge in [0.1, 0.15) is 12.7 Å². The molecule has 6 heteroatoms. The number of carbonyl (C=O) groups is 1. The largest absolute Gasteiger partial charge is 0.413 e. The smallest absolute Gasteiger partial charge is 0.248 e. The van der Waals surface area contributed by atoms with E-state index >= 15 is 0 Å². The van der Waals surface area contributed by atoms with Crippen molar-refractivity contribution in [1.82, 2.24) is 4.90 Å². The normalized spacial score (nSPS) is 14.9. The Bertz CT molecular complexity index is 388. The van der Waals surface area contributed by atoms with Crippen molar-refractivity contribution < 1.29 is 19.1 Å². The lowest BCUT2D eigenvalue weighted by Crippen LogP contribution is -2.50. The van der Waals surface area contributed by atoms with Gasteiger partial charge in [0.15, 0.2) is 8.32 Å². The van der Waals surface area contributed by atoms with Crippen LogP contribution < -0.4 is 0 Å². The van der Waals surface area contributed by atoms with Crippen molar-refractivity contribution in [2.75, 3.05) is 27.3 Å². The molecule has 0 aromatic carbocycles. The molecule has 2 atom stereocenters. The maximum Gasteiger partial charge on any atom is 0.248 e. The zero-order valence-electron chi connectivity index (χ0n) is 17.4. The highest BCUT2D eigenvalue weighted by Crippen LogP contribution is 2.42. The van der Waals surface area contributed by atoms with Crippen molar-refractivity contribution in [3.63, 3.8) is 0 Å². The second kappa shape index (κ2) is 11.1. The predicted octanol–water partition coefficient (Wildman–Crippen LogP) is 3.59. The molecule has 0 radical (unpaired) electrons. The van der Waals surface area contributed by atoms with E-state index in [2.05, 4.69) is 48.1 Å². The monoisotopic (exact) mass is 373 g/mol. The molecule has 0 unspecified atom stereocenters. The molecule has 25 heavy (non-hydrogen) atoms. The quantitative estimate of drug-likeness (QED) is 0.419. The van der Waals surface area contributed by atoms with Crippen LogP contribution in [0, 0.1) is 0 Å². The van der Waals surface area contributed by atoms with Gasteiger partial charge < -0.3 is 19.2 Å². The van der Waals surface area contributed by atoms with E-state index in [1.165, 1.54) is 4.90 Å². The third-order valence-electron chi connectivity index (χ3n) is 4.96. The zero-order valence-corrected chi connectivity index (χ0v) is 18.4. The number of hydrogen-bond acceptors (Lipinski definition) is 4. The van der Waals surface area contributed by atoms with Crippen LogP contribution in [0.3, 0.4) is 0 Å². The summed E-state index contributed by atoms with van der Waals surface area (Å²) in [6, 6.07) is 0. The molecule has 0 aliphatic heterocycles. The van der Waals surface area contributed by atoms with Gasteiger partial charge in [0.2, 0.25) is 5.91 Å². The Morgan fingerprint density at radius 3 is 1.96 bits per heavy atom. The predicted molar refractivity (Wildman–Crippen MR) is 106 cm³/mol. The van der Waals surface area contributed by atoms with Crippen molar-refractivity contribution in [3.8, 4) is 0 Å². The summed E-state index contributed by atoms with van der Waals surface area (Å²) in [5.74, 6) is -0.129. The highest BCUT2D eigenvalue weighted by Gasteiger charge is 2.45. The molecule has 5 nitrogen and oxygen atoms in total. The third kappa shape index (κ3) is 6.85. The lowest BCUT2D eigenvalue weighted by Gasteiger charge is -2.43. The molecule has 0 aliphatic rings. The minimum Gasteiger partial charge on any atom is -0.413 e. The van der Waals surface area contributed by atoms with Crippen molar-refractivity contribution >= 4 is 14.2 Å². The molecular formula is C19H39NO4Si. The summed E-state index contributed by atoms with van der Waals surface area (Å²) >= 11 is 0. The third-order valence-corrected chi connectivity index (χ3v) is 11.0. The number of aliphatic hydroxyl groups is 1. The Balaban J connectivity index is 5.20. The minimum absolute atomic E-state index is 0.0607. The van der Waals surface area contributed by atoms with Gasteiger partial charge in [-0.2, -0.15) is 0 Å². The summed E-state index contributed by atoms with van der Waals surface area (Å²) in [6.45, 7) is 17.2. The fourth-order valence-corrected chi connectivity index (χ4v) is 9.08. The second-order valence-corrected chi connectivity index (χ2v) is 13.3. The molecule has 0 aliphatic carbocycles. The van der Waals surface area contributed by atoms with E-state index in [0.717, 1.165) is 0 Å². The maximum atomic E-state index is 11.8. The van der Waals surface area contributed by atoms with Crippen molar-refractivity contribution in [1.29, 1.82) is 0 Å². The van der Waals surface area contributed by atoms with E-state index in [0.29, 0.717) is 29.7 Å². The van der Waals surface area contributed by atoms with Gasteiger partial charge in [-0.05, 0) is 23.0 Å². The fraction of sp³-hybridized carbons (Fsp3) is 0.842. The molecule has 1 N–H and O–H groups in total. The Labute approximate surface area is 155 Å². The standard InChI is InChI=1S/C19H39NO4Si/c1-10-11-17(21)18(23-13-19(22)20(8)9)12-24-25(14(2)3,15(4)5)16(6)7/h10,14-18,21H,1,11-13H2,2-9H3/t17-,18-/m0/s1. The molecule has 0 fully saturated rings. The van der Waals surface area contributed by atoms with Gasteiger partial charge in [-0.25, -0.2) is 0 Å². The fourth-order valence-electron chi connectivity index (χ4n) is 3.63. The van der Waals surface area contributed by atoms with Gasteiger partial charge in [0, 0.05) is 14.1 Å². The molecule has 0 spiro atoms. The first kappa shape index (κ1) is 24.3. The first-order valence-corrected chi connectivity index (χ1v) is 11.4. The Morgan fingerprint density at radius 2 is 1.60 bits per heavy atom. The van der Waals surface area contributed by atoms with E-state index in [4.69, 9.17) is 9.16 Å². The summed E-state index contributed by atoms with van der Waals surface area (Å²) < 4.78 is 12.3. The average molecular weight is 374 g/mol. The van der Waals surface area contributed by atoms with Crippen molar-refractivity contribution in [2.24, 2.45) is 0 Å². The number of ether oxygens (including phenoxy) is 1. The van der Waals surface area contributed by atoms with Gasteiger partial charge in [-0.1, -0.05) is 47.6 Å². The number of nitrogens with zero attached hydrogens (tertiary/aromatic N) is 1. The number of hydrogen-bond donors (Lipinski definition) is 1. The van der Waals surface area contributed by atoms with Crippen LogP contribution in [-0.4, -0.2) is 63.7 Å². The van der Waals surface area contributed by atoms with Gasteiger partial charge in [-0.3, -0.25) is 4.79 Å². The van der Waals surface area contributed by atoms with Gasteiger partial charge in [0.25, 0.3) is 0 Å². The van der Waals surface area contributed by atoms with Crippen LogP contribution in [0.25, 0.3) is 0 Å². The molecule has 0 bridgehead atoms. The van der Waals surface area contributed by atoms with Crippen LogP contribution in [0.2, 0.25) is 16.6 Å². The van der Waals surface area contributed by atoms with E-state index < -0.39 is 20.5 Å². The van der Waals surface area contributed by atoms with E-state index in [-0.39, 0.29) is 12.5 Å². The lowest BCUT2D eigenvalue weighted by atomic mass is 10.1. The zero-order chi connectivity index (χ0) is 19.8. The van der Waals surface area contributed by atoms with Gasteiger partial charge >= 0.3 is 0 Å². The Hall–Kier alpha value is -0.693. The summed E-state index contributed by atoms with van der Waals surface area (Å²) in [5, 5.41) is 10.4. The molecule has 0 saturated heterocycles. The summed E-state index contributed by atoms with van der Waals surface area (Å²) in [7, 11) is 1.32. The van der Waals surface area contributed by atoms with E-state index in [1.807, 2.05) is 0 Å². The summed E-state index contributed by atoms with van der Waals surface area (Å²) in [4.78, 5) is 13.3. The molecule has 0 aromatic rings. The molecule has 0 aromatic heterocycles. The van der Waals surface area contributed by atoms with Gasteiger partial charge in [-0.15, -0.1) is 6.58 Å².